The van der Waals surface area contributed by atoms with Gasteiger partial charge < -0.3 is 34.4 Å². The van der Waals surface area contributed by atoms with Gasteiger partial charge in [0.25, 0.3) is 11.7 Å². The Morgan fingerprint density at radius 2 is 1.69 bits per heavy atom. The molecule has 11 nitrogen and oxygen atoms in total. The van der Waals surface area contributed by atoms with E-state index in [1.807, 2.05) is 38.2 Å². The molecular formula is C47H73NO10. The molecule has 1 amide bonds. The maximum atomic E-state index is 14.0. The minimum absolute atomic E-state index is 0.00237. The number of piperidine rings is 1. The molecule has 3 fully saturated rings. The molecule has 0 bridgehead atoms. The smallest absolute Gasteiger partial charge is 0.329 e. The number of ketones is 1. The molecule has 1 saturated carbocycles. The summed E-state index contributed by atoms with van der Waals surface area (Å²) in [7, 11) is 1.60. The molecule has 2 saturated heterocycles. The number of likely N-dealkylation sites (tertiary alicyclic amines) is 1. The van der Waals surface area contributed by atoms with Crippen molar-refractivity contribution >= 4 is 23.9 Å². The quantitative estimate of drug-likeness (QED) is 0.0272. The van der Waals surface area contributed by atoms with Crippen molar-refractivity contribution in [1.29, 1.82) is 0 Å². The van der Waals surface area contributed by atoms with Crippen LogP contribution in [0, 0.1) is 29.6 Å². The molecule has 0 aromatic heterocycles. The highest BCUT2D eigenvalue weighted by Crippen LogP contribution is 2.37. The molecule has 2 aliphatic heterocycles. The van der Waals surface area contributed by atoms with Crippen LogP contribution in [0.1, 0.15) is 125 Å². The maximum Gasteiger partial charge on any atom is 0.329 e. The number of esters is 1. The standard InChI is InChI=1S/C47H73NO10/c1-31(26-34(4)36(6)30-50)14-10-9-11-15-33(3)43(56-8)28-40-23-18-37(7)47(55,58-40)44(52)45(53)48-25-13-12-16-41(48)46(54)57-42(24-17-32(2)29-49)35(5)27-38-19-21-39(51)22-20-38/h9-11,14-15,17,29,31,34-35,37-43,50-51,55H,6,12-13,16,18-28,30H2,1-5,7-8H3/b11-9+,14-10+,32-17+,33-15+/t31-,34-,35-,37-,38?,39?,40+,41+,42+,43+,47-/m1/s1. The summed E-state index contributed by atoms with van der Waals surface area (Å²) >= 11 is 0. The van der Waals surface area contributed by atoms with E-state index < -0.39 is 47.6 Å². The van der Waals surface area contributed by atoms with Gasteiger partial charge in [-0.2, -0.15) is 0 Å². The van der Waals surface area contributed by atoms with Gasteiger partial charge in [0.2, 0.25) is 5.79 Å². The van der Waals surface area contributed by atoms with Gasteiger partial charge in [-0.3, -0.25) is 14.4 Å². The van der Waals surface area contributed by atoms with Crippen molar-refractivity contribution in [3.8, 4) is 0 Å². The Bertz CT molecular complexity index is 1490. The zero-order chi connectivity index (χ0) is 43.0. The molecular weight excluding hydrogens is 739 g/mol. The number of aliphatic hydroxyl groups excluding tert-OH is 2. The van der Waals surface area contributed by atoms with Crippen LogP contribution in [-0.2, 0) is 33.4 Å². The molecule has 3 rings (SSSR count). The molecule has 2 heterocycles. The molecule has 0 aromatic carbocycles. The minimum atomic E-state index is -2.37. The van der Waals surface area contributed by atoms with E-state index in [4.69, 9.17) is 14.2 Å². The van der Waals surface area contributed by atoms with Crippen molar-refractivity contribution in [1.82, 2.24) is 4.90 Å². The fraction of sp³-hybridized carbons (Fsp3) is 0.702. The van der Waals surface area contributed by atoms with Gasteiger partial charge in [-0.1, -0.05) is 70.7 Å². The predicted molar refractivity (Wildman–Crippen MR) is 225 cm³/mol. The van der Waals surface area contributed by atoms with Gasteiger partial charge in [0.1, 0.15) is 18.4 Å². The molecule has 3 N–H and O–H groups in total. The van der Waals surface area contributed by atoms with Crippen LogP contribution < -0.4 is 0 Å². The lowest BCUT2D eigenvalue weighted by Crippen LogP contribution is -2.61. The second kappa shape index (κ2) is 24.1. The van der Waals surface area contributed by atoms with Crippen LogP contribution in [0.4, 0.5) is 0 Å². The van der Waals surface area contributed by atoms with Crippen molar-refractivity contribution < 1.29 is 48.7 Å². The van der Waals surface area contributed by atoms with Crippen molar-refractivity contribution in [2.75, 3.05) is 20.3 Å². The summed E-state index contributed by atoms with van der Waals surface area (Å²) in [6.45, 7) is 15.6. The SMILES string of the molecule is C=C(CO)[C@H](C)C[C@H](C)/C=C/C=C/C=C(\C)[C@H](C[C@@H]1CC[C@@H](C)[C@](O)(C(=O)C(=O)N2CCCC[C@H]2C(=O)O[C@@H](C/C=C(\C)C=O)[C@H](C)CC2CCC(O)CC2)O1)OC. The number of allylic oxidation sites excluding steroid dienone is 6. The summed E-state index contributed by atoms with van der Waals surface area (Å²) in [4.78, 5) is 54.6. The zero-order valence-corrected chi connectivity index (χ0v) is 36.3. The summed E-state index contributed by atoms with van der Waals surface area (Å²) < 4.78 is 18.1. The number of nitrogens with zero attached hydrogens (tertiary/aromatic N) is 1. The number of carbonyl (C=O) groups excluding carboxylic acids is 4. The van der Waals surface area contributed by atoms with E-state index in [-0.39, 0.29) is 37.2 Å². The number of carbonyl (C=O) groups is 4. The Hall–Kier alpha value is -3.22. The first-order chi connectivity index (χ1) is 27.5. The van der Waals surface area contributed by atoms with Crippen molar-refractivity contribution in [3.05, 3.63) is 59.8 Å². The van der Waals surface area contributed by atoms with Crippen LogP contribution in [0.15, 0.2) is 59.8 Å². The normalized spacial score (nSPS) is 28.8. The van der Waals surface area contributed by atoms with Gasteiger partial charge in [-0.15, -0.1) is 0 Å². The van der Waals surface area contributed by atoms with Crippen LogP contribution in [0.25, 0.3) is 0 Å². The summed E-state index contributed by atoms with van der Waals surface area (Å²) in [5.74, 6) is -4.78. The topological polar surface area (TPSA) is 160 Å². The molecule has 0 unspecified atom stereocenters. The van der Waals surface area contributed by atoms with E-state index in [1.165, 1.54) is 4.90 Å². The van der Waals surface area contributed by atoms with Crippen LogP contribution in [-0.4, -0.2) is 101 Å². The summed E-state index contributed by atoms with van der Waals surface area (Å²) in [5.41, 5.74) is 2.29. The lowest BCUT2D eigenvalue weighted by molar-refractivity contribution is -0.265. The maximum absolute atomic E-state index is 14.0. The first-order valence-corrected chi connectivity index (χ1v) is 21.6. The molecule has 326 valence electrons. The van der Waals surface area contributed by atoms with Crippen LogP contribution in [0.2, 0.25) is 0 Å². The monoisotopic (exact) mass is 812 g/mol. The average molecular weight is 812 g/mol. The highest BCUT2D eigenvalue weighted by molar-refractivity contribution is 6.39. The van der Waals surface area contributed by atoms with Crippen LogP contribution in [0.3, 0.4) is 0 Å². The Morgan fingerprint density at radius 1 is 0.983 bits per heavy atom. The van der Waals surface area contributed by atoms with Crippen molar-refractivity contribution in [2.45, 2.75) is 161 Å². The molecule has 1 aliphatic carbocycles. The molecule has 11 heteroatoms. The number of ether oxygens (including phenoxy) is 3. The molecule has 0 spiro atoms. The fourth-order valence-electron chi connectivity index (χ4n) is 8.54. The van der Waals surface area contributed by atoms with Gasteiger partial charge in [0, 0.05) is 32.4 Å². The zero-order valence-electron chi connectivity index (χ0n) is 36.3. The van der Waals surface area contributed by atoms with Gasteiger partial charge in [0.05, 0.1) is 24.9 Å². The average Bonchev–Trinajstić information content (AvgIpc) is 3.21. The minimum Gasteiger partial charge on any atom is -0.460 e. The number of Topliss-reactive ketones (excluding diaryl/α,β-unsaturated/α-hetero) is 1. The molecule has 0 radical (unpaired) electrons. The molecule has 9 atom stereocenters. The van der Waals surface area contributed by atoms with E-state index in [0.29, 0.717) is 62.4 Å². The van der Waals surface area contributed by atoms with E-state index in [1.54, 1.807) is 27.0 Å². The van der Waals surface area contributed by atoms with Gasteiger partial charge in [-0.25, -0.2) is 4.79 Å². The number of amides is 1. The fourth-order valence-corrected chi connectivity index (χ4v) is 8.54. The number of aldehydes is 1. The lowest BCUT2D eigenvalue weighted by Gasteiger charge is -2.42. The first-order valence-electron chi connectivity index (χ1n) is 21.6. The number of hydrogen-bond acceptors (Lipinski definition) is 10. The largest absolute Gasteiger partial charge is 0.460 e. The number of methoxy groups -OCH3 is 1. The third-order valence-electron chi connectivity index (χ3n) is 12.7. The number of rotatable bonds is 21. The van der Waals surface area contributed by atoms with E-state index in [9.17, 15) is 34.5 Å². The molecule has 0 aromatic rings. The van der Waals surface area contributed by atoms with Gasteiger partial charge >= 0.3 is 5.97 Å². The Labute approximate surface area is 347 Å². The van der Waals surface area contributed by atoms with Crippen molar-refractivity contribution in [2.24, 2.45) is 29.6 Å². The van der Waals surface area contributed by atoms with Gasteiger partial charge in [-0.05, 0) is 125 Å². The number of aliphatic hydroxyl groups is 3. The van der Waals surface area contributed by atoms with E-state index in [0.717, 1.165) is 56.0 Å². The summed E-state index contributed by atoms with van der Waals surface area (Å²) in [6, 6.07) is -0.995. The molecule has 58 heavy (non-hydrogen) atoms. The second-order valence-corrected chi connectivity index (χ2v) is 17.5. The Morgan fingerprint density at radius 3 is 2.34 bits per heavy atom. The second-order valence-electron chi connectivity index (χ2n) is 17.5. The first kappa shape index (κ1) is 49.1. The van der Waals surface area contributed by atoms with E-state index in [2.05, 4.69) is 26.5 Å². The third kappa shape index (κ3) is 14.5. The predicted octanol–water partition coefficient (Wildman–Crippen LogP) is 7.14. The van der Waals surface area contributed by atoms with Crippen LogP contribution in [0.5, 0.6) is 0 Å². The van der Waals surface area contributed by atoms with Crippen molar-refractivity contribution in [3.63, 3.8) is 0 Å². The summed E-state index contributed by atoms with van der Waals surface area (Å²) in [5, 5.41) is 31.1. The Balaban J connectivity index is 1.68. The Kier molecular flexibility index (Phi) is 20.5. The van der Waals surface area contributed by atoms with Gasteiger partial charge in [0.15, 0.2) is 0 Å². The van der Waals surface area contributed by atoms with Crippen LogP contribution >= 0.6 is 0 Å². The van der Waals surface area contributed by atoms with E-state index >= 15 is 0 Å². The highest BCUT2D eigenvalue weighted by atomic mass is 16.6. The third-order valence-corrected chi connectivity index (χ3v) is 12.7. The number of hydrogen-bond donors (Lipinski definition) is 3. The highest BCUT2D eigenvalue weighted by Gasteiger charge is 2.53. The lowest BCUT2D eigenvalue weighted by atomic mass is 9.80. The summed E-state index contributed by atoms with van der Waals surface area (Å²) in [6.07, 6.45) is 19.0. The molecule has 3 aliphatic rings.